The number of hydrogen-bond donors (Lipinski definition) is 0. The Morgan fingerprint density at radius 1 is 1.32 bits per heavy atom. The molecule has 1 aromatic rings. The smallest absolute Gasteiger partial charge is 0.410 e. The largest absolute Gasteiger partial charge is 0.444 e. The van der Waals surface area contributed by atoms with E-state index in [0.717, 1.165) is 12.2 Å². The Morgan fingerprint density at radius 2 is 1.95 bits per heavy atom. The van der Waals surface area contributed by atoms with Crippen molar-refractivity contribution in [2.24, 2.45) is 0 Å². The summed E-state index contributed by atoms with van der Waals surface area (Å²) in [5.41, 5.74) is 0.493. The van der Waals surface area contributed by atoms with Crippen molar-refractivity contribution < 1.29 is 9.53 Å². The van der Waals surface area contributed by atoms with Crippen LogP contribution in [0.3, 0.4) is 0 Å². The fourth-order valence-electron chi connectivity index (χ4n) is 2.75. The van der Waals surface area contributed by atoms with Crippen LogP contribution in [0.25, 0.3) is 0 Å². The normalized spacial score (nSPS) is 23.4. The highest BCUT2D eigenvalue weighted by atomic mass is 16.6. The van der Waals surface area contributed by atoms with Gasteiger partial charge in [-0.25, -0.2) is 4.79 Å². The number of amides is 1. The number of carbonyl (C=O) groups is 1. The van der Waals surface area contributed by atoms with Gasteiger partial charge in [-0.15, -0.1) is 0 Å². The van der Waals surface area contributed by atoms with Crippen LogP contribution >= 0.6 is 0 Å². The molecule has 1 amide bonds. The monoisotopic (exact) mass is 306 g/mol. The van der Waals surface area contributed by atoms with E-state index in [1.807, 2.05) is 32.9 Å². The Bertz CT molecular complexity index is 489. The van der Waals surface area contributed by atoms with Gasteiger partial charge in [-0.2, -0.15) is 10.2 Å². The van der Waals surface area contributed by atoms with E-state index in [0.29, 0.717) is 13.1 Å². The summed E-state index contributed by atoms with van der Waals surface area (Å²) in [5, 5.41) is 8.07. The Balaban J connectivity index is 1.98. The van der Waals surface area contributed by atoms with Crippen molar-refractivity contribution in [2.45, 2.75) is 58.8 Å². The molecule has 0 N–H and O–H groups in total. The summed E-state index contributed by atoms with van der Waals surface area (Å²) in [6, 6.07) is 4.37. The van der Waals surface area contributed by atoms with Crippen LogP contribution < -0.4 is 0 Å². The molecule has 1 fully saturated rings. The Morgan fingerprint density at radius 3 is 2.45 bits per heavy atom. The fourth-order valence-corrected chi connectivity index (χ4v) is 2.75. The third-order valence-electron chi connectivity index (χ3n) is 3.73. The molecule has 0 bridgehead atoms. The molecule has 0 unspecified atom stereocenters. The Kier molecular flexibility index (Phi) is 5.01. The first kappa shape index (κ1) is 16.7. The lowest BCUT2D eigenvalue weighted by Crippen LogP contribution is -2.58. The number of carbonyl (C=O) groups excluding carboxylic acids is 1. The van der Waals surface area contributed by atoms with Crippen molar-refractivity contribution in [3.63, 3.8) is 0 Å². The van der Waals surface area contributed by atoms with Gasteiger partial charge in [0.2, 0.25) is 0 Å². The molecule has 2 rings (SSSR count). The molecule has 1 saturated heterocycles. The van der Waals surface area contributed by atoms with E-state index in [4.69, 9.17) is 4.74 Å². The number of hydrogen-bond acceptors (Lipinski definition) is 5. The summed E-state index contributed by atoms with van der Waals surface area (Å²) in [5.74, 6) is 0. The predicted molar refractivity (Wildman–Crippen MR) is 84.3 cm³/mol. The average Bonchev–Trinajstić information content (AvgIpc) is 2.42. The summed E-state index contributed by atoms with van der Waals surface area (Å²) in [6.07, 6.45) is 1.45. The zero-order valence-corrected chi connectivity index (χ0v) is 14.1. The van der Waals surface area contributed by atoms with Gasteiger partial charge in [0.15, 0.2) is 0 Å². The molecule has 1 aromatic heterocycles. The minimum atomic E-state index is -0.458. The number of piperazine rings is 1. The molecule has 22 heavy (non-hydrogen) atoms. The zero-order valence-electron chi connectivity index (χ0n) is 14.1. The molecular weight excluding hydrogens is 280 g/mol. The molecule has 2 atom stereocenters. The van der Waals surface area contributed by atoms with Gasteiger partial charge >= 0.3 is 6.09 Å². The standard InChI is InChI=1S/C16H26N4O2/c1-12-9-19(15(21)22-16(3,4)5)10-13(2)20(12)11-14-7-6-8-17-18-14/h6-8,12-13H,9-11H2,1-5H3/t12-,13-/m1/s1. The summed E-state index contributed by atoms with van der Waals surface area (Å²) < 4.78 is 5.47. The van der Waals surface area contributed by atoms with E-state index in [1.54, 1.807) is 11.1 Å². The second-order valence-electron chi connectivity index (χ2n) is 6.97. The molecule has 1 aliphatic heterocycles. The summed E-state index contributed by atoms with van der Waals surface area (Å²) in [6.45, 7) is 12.0. The van der Waals surface area contributed by atoms with Crippen molar-refractivity contribution in [3.8, 4) is 0 Å². The number of rotatable bonds is 2. The van der Waals surface area contributed by atoms with Gasteiger partial charge in [-0.3, -0.25) is 4.90 Å². The number of ether oxygens (including phenoxy) is 1. The maximum Gasteiger partial charge on any atom is 0.410 e. The van der Waals surface area contributed by atoms with Crippen molar-refractivity contribution in [1.82, 2.24) is 20.0 Å². The SMILES string of the molecule is C[C@@H]1CN(C(=O)OC(C)(C)C)C[C@@H](C)N1Cc1cccnn1. The van der Waals surface area contributed by atoms with Crippen LogP contribution in [0.2, 0.25) is 0 Å². The van der Waals surface area contributed by atoms with E-state index < -0.39 is 5.60 Å². The highest BCUT2D eigenvalue weighted by Crippen LogP contribution is 2.20. The molecule has 122 valence electrons. The summed E-state index contributed by atoms with van der Waals surface area (Å²) in [7, 11) is 0. The maximum absolute atomic E-state index is 12.2. The third-order valence-corrected chi connectivity index (χ3v) is 3.73. The zero-order chi connectivity index (χ0) is 16.3. The maximum atomic E-state index is 12.2. The molecule has 0 saturated carbocycles. The van der Waals surface area contributed by atoms with Crippen LogP contribution in [0.1, 0.15) is 40.3 Å². The van der Waals surface area contributed by atoms with Crippen LogP contribution in [-0.4, -0.2) is 56.9 Å². The molecule has 0 aliphatic carbocycles. The second kappa shape index (κ2) is 6.60. The Hall–Kier alpha value is -1.69. The first-order chi connectivity index (χ1) is 10.3. The molecule has 0 aromatic carbocycles. The second-order valence-corrected chi connectivity index (χ2v) is 6.97. The number of aromatic nitrogens is 2. The van der Waals surface area contributed by atoms with Gasteiger partial charge in [0.1, 0.15) is 5.60 Å². The molecule has 6 heteroatoms. The van der Waals surface area contributed by atoms with Crippen LogP contribution in [0.4, 0.5) is 4.79 Å². The van der Waals surface area contributed by atoms with Crippen LogP contribution in [0.5, 0.6) is 0 Å². The lowest BCUT2D eigenvalue weighted by molar-refractivity contribution is -0.0100. The molecule has 0 spiro atoms. The summed E-state index contributed by atoms with van der Waals surface area (Å²) >= 11 is 0. The van der Waals surface area contributed by atoms with E-state index in [-0.39, 0.29) is 18.2 Å². The molecule has 6 nitrogen and oxygen atoms in total. The minimum absolute atomic E-state index is 0.231. The van der Waals surface area contributed by atoms with Gasteiger partial charge in [0, 0.05) is 37.9 Å². The quantitative estimate of drug-likeness (QED) is 0.839. The van der Waals surface area contributed by atoms with Gasteiger partial charge < -0.3 is 9.64 Å². The lowest BCUT2D eigenvalue weighted by Gasteiger charge is -2.44. The molecule has 1 aliphatic rings. The highest BCUT2D eigenvalue weighted by Gasteiger charge is 2.33. The van der Waals surface area contributed by atoms with E-state index in [2.05, 4.69) is 28.9 Å². The third kappa shape index (κ3) is 4.40. The first-order valence-electron chi connectivity index (χ1n) is 7.76. The van der Waals surface area contributed by atoms with E-state index >= 15 is 0 Å². The van der Waals surface area contributed by atoms with Crippen molar-refractivity contribution in [3.05, 3.63) is 24.0 Å². The van der Waals surface area contributed by atoms with Gasteiger partial charge in [-0.1, -0.05) is 0 Å². The number of nitrogens with zero attached hydrogens (tertiary/aromatic N) is 4. The van der Waals surface area contributed by atoms with Crippen LogP contribution in [0, 0.1) is 0 Å². The summed E-state index contributed by atoms with van der Waals surface area (Å²) in [4.78, 5) is 16.4. The van der Waals surface area contributed by atoms with Crippen molar-refractivity contribution >= 4 is 6.09 Å². The average molecular weight is 306 g/mol. The fraction of sp³-hybridized carbons (Fsp3) is 0.688. The van der Waals surface area contributed by atoms with Gasteiger partial charge in [0.05, 0.1) is 5.69 Å². The molecule has 2 heterocycles. The minimum Gasteiger partial charge on any atom is -0.444 e. The van der Waals surface area contributed by atoms with Gasteiger partial charge in [0.25, 0.3) is 0 Å². The lowest BCUT2D eigenvalue weighted by atomic mass is 10.1. The topological polar surface area (TPSA) is 58.6 Å². The Labute approximate surface area is 132 Å². The van der Waals surface area contributed by atoms with E-state index in [1.165, 1.54) is 0 Å². The van der Waals surface area contributed by atoms with Crippen molar-refractivity contribution in [1.29, 1.82) is 0 Å². The van der Waals surface area contributed by atoms with Crippen LogP contribution in [-0.2, 0) is 11.3 Å². The van der Waals surface area contributed by atoms with Gasteiger partial charge in [-0.05, 0) is 46.8 Å². The predicted octanol–water partition coefficient (Wildman–Crippen LogP) is 2.31. The van der Waals surface area contributed by atoms with E-state index in [9.17, 15) is 4.79 Å². The first-order valence-corrected chi connectivity index (χ1v) is 7.76. The molecular formula is C16H26N4O2. The van der Waals surface area contributed by atoms with Crippen molar-refractivity contribution in [2.75, 3.05) is 13.1 Å². The van der Waals surface area contributed by atoms with Crippen LogP contribution in [0.15, 0.2) is 18.3 Å². The highest BCUT2D eigenvalue weighted by molar-refractivity contribution is 5.68. The molecule has 0 radical (unpaired) electrons.